The van der Waals surface area contributed by atoms with Gasteiger partial charge in [-0.15, -0.1) is 0 Å². The molecule has 5 nitrogen and oxygen atoms in total. The number of hydrogen-bond acceptors (Lipinski definition) is 4. The molecular formula is C25H32BrN3O2. The Morgan fingerprint density at radius 2 is 2.10 bits per heavy atom. The summed E-state index contributed by atoms with van der Waals surface area (Å²) in [7, 11) is 0. The number of carbonyl (C=O) groups excluding carboxylic acids is 1. The highest BCUT2D eigenvalue weighted by Gasteiger charge is 2.37. The number of benzene rings is 2. The zero-order chi connectivity index (χ0) is 22.8. The first-order chi connectivity index (χ1) is 14.6. The summed E-state index contributed by atoms with van der Waals surface area (Å²) < 4.78 is 6.40. The van der Waals surface area contributed by atoms with Gasteiger partial charge in [-0.05, 0) is 94.0 Å². The molecule has 0 aromatic heterocycles. The van der Waals surface area contributed by atoms with E-state index in [1.54, 1.807) is 12.3 Å². The van der Waals surface area contributed by atoms with E-state index < -0.39 is 0 Å². The van der Waals surface area contributed by atoms with Gasteiger partial charge in [0.1, 0.15) is 5.75 Å². The molecule has 0 fully saturated rings. The van der Waals surface area contributed by atoms with E-state index in [9.17, 15) is 4.79 Å². The van der Waals surface area contributed by atoms with Crippen molar-refractivity contribution in [1.29, 1.82) is 0 Å². The van der Waals surface area contributed by atoms with Gasteiger partial charge < -0.3 is 9.64 Å². The predicted molar refractivity (Wildman–Crippen MR) is 131 cm³/mol. The normalized spacial score (nSPS) is 17.7. The Labute approximate surface area is 194 Å². The largest absolute Gasteiger partial charge is 0.484 e. The van der Waals surface area contributed by atoms with Gasteiger partial charge in [-0.1, -0.05) is 28.9 Å². The van der Waals surface area contributed by atoms with Crippen molar-refractivity contribution >= 4 is 33.7 Å². The van der Waals surface area contributed by atoms with Crippen LogP contribution in [0.3, 0.4) is 0 Å². The summed E-state index contributed by atoms with van der Waals surface area (Å²) in [5.74, 6) is 0.791. The highest BCUT2D eigenvalue weighted by molar-refractivity contribution is 9.10. The van der Waals surface area contributed by atoms with Crippen LogP contribution in [0.4, 0.5) is 5.69 Å². The molecule has 1 atom stereocenters. The molecule has 0 saturated carbocycles. The van der Waals surface area contributed by atoms with Crippen LogP contribution >= 0.6 is 15.9 Å². The number of ether oxygens (including phenoxy) is 1. The topological polar surface area (TPSA) is 53.9 Å². The lowest BCUT2D eigenvalue weighted by Crippen LogP contribution is -2.51. The van der Waals surface area contributed by atoms with E-state index in [1.807, 2.05) is 18.2 Å². The molecule has 31 heavy (non-hydrogen) atoms. The number of halogens is 1. The zero-order valence-electron chi connectivity index (χ0n) is 19.2. The molecule has 0 spiro atoms. The molecule has 1 aliphatic heterocycles. The van der Waals surface area contributed by atoms with Gasteiger partial charge in [0.25, 0.3) is 5.91 Å². The van der Waals surface area contributed by atoms with E-state index in [-0.39, 0.29) is 18.1 Å². The van der Waals surface area contributed by atoms with Gasteiger partial charge in [-0.2, -0.15) is 5.10 Å². The number of hydrazone groups is 1. The Morgan fingerprint density at radius 3 is 2.77 bits per heavy atom. The third kappa shape index (κ3) is 5.48. The van der Waals surface area contributed by atoms with Gasteiger partial charge in [-0.25, -0.2) is 5.43 Å². The lowest BCUT2D eigenvalue weighted by atomic mass is 9.78. The maximum atomic E-state index is 12.1. The second-order valence-electron chi connectivity index (χ2n) is 9.19. The molecule has 0 unspecified atom stereocenters. The molecule has 1 amide bonds. The molecule has 0 aliphatic carbocycles. The summed E-state index contributed by atoms with van der Waals surface area (Å²) in [5, 5.41) is 4.16. The molecule has 0 bridgehead atoms. The molecule has 1 heterocycles. The Morgan fingerprint density at radius 1 is 1.35 bits per heavy atom. The Kier molecular flexibility index (Phi) is 7.10. The van der Waals surface area contributed by atoms with Gasteiger partial charge in [0, 0.05) is 21.7 Å². The minimum absolute atomic E-state index is 0.0908. The van der Waals surface area contributed by atoms with E-state index in [0.717, 1.165) is 22.0 Å². The van der Waals surface area contributed by atoms with E-state index in [2.05, 4.69) is 85.0 Å². The van der Waals surface area contributed by atoms with Crippen LogP contribution < -0.4 is 15.1 Å². The van der Waals surface area contributed by atoms with Crippen LogP contribution in [0.25, 0.3) is 0 Å². The number of rotatable bonds is 6. The van der Waals surface area contributed by atoms with Crippen LogP contribution in [0.2, 0.25) is 0 Å². The van der Waals surface area contributed by atoms with Gasteiger partial charge in [0.15, 0.2) is 6.61 Å². The summed E-state index contributed by atoms with van der Waals surface area (Å²) in [6.07, 6.45) is 2.82. The van der Waals surface area contributed by atoms with Gasteiger partial charge in [-0.3, -0.25) is 4.79 Å². The SMILES string of the molecule is Cc1cc2c(cc1/C=N/NC(=O)COc1cccc(Br)c1)[C@@H](C)CC(C)(C)N2C(C)C. The minimum Gasteiger partial charge on any atom is -0.484 e. The fourth-order valence-electron chi connectivity index (χ4n) is 4.64. The predicted octanol–water partition coefficient (Wildman–Crippen LogP) is 5.79. The van der Waals surface area contributed by atoms with E-state index in [0.29, 0.717) is 17.7 Å². The lowest BCUT2D eigenvalue weighted by molar-refractivity contribution is -0.123. The maximum absolute atomic E-state index is 12.1. The molecule has 166 valence electrons. The minimum atomic E-state index is -0.298. The highest BCUT2D eigenvalue weighted by Crippen LogP contribution is 2.45. The number of carbonyl (C=O) groups is 1. The van der Waals surface area contributed by atoms with Crippen molar-refractivity contribution in [2.24, 2.45) is 5.10 Å². The van der Waals surface area contributed by atoms with Crippen LogP contribution in [-0.4, -0.2) is 30.3 Å². The summed E-state index contributed by atoms with van der Waals surface area (Å²) in [6.45, 7) is 13.4. The second-order valence-corrected chi connectivity index (χ2v) is 10.1. The molecule has 2 aromatic carbocycles. The Bertz CT molecular complexity index is 985. The smallest absolute Gasteiger partial charge is 0.277 e. The Balaban J connectivity index is 1.70. The molecule has 1 N–H and O–H groups in total. The fourth-order valence-corrected chi connectivity index (χ4v) is 5.02. The van der Waals surface area contributed by atoms with Gasteiger partial charge >= 0.3 is 0 Å². The van der Waals surface area contributed by atoms with Gasteiger partial charge in [0.05, 0.1) is 6.21 Å². The summed E-state index contributed by atoms with van der Waals surface area (Å²) in [4.78, 5) is 14.6. The van der Waals surface area contributed by atoms with Crippen molar-refractivity contribution in [1.82, 2.24) is 5.43 Å². The average Bonchev–Trinajstić information content (AvgIpc) is 2.66. The Hall–Kier alpha value is -2.34. The van der Waals surface area contributed by atoms with Crippen molar-refractivity contribution in [3.05, 3.63) is 57.6 Å². The maximum Gasteiger partial charge on any atom is 0.277 e. The summed E-state index contributed by atoms with van der Waals surface area (Å²) >= 11 is 3.38. The quantitative estimate of drug-likeness (QED) is 0.416. The number of nitrogens with one attached hydrogen (secondary N) is 1. The van der Waals surface area contributed by atoms with E-state index in [4.69, 9.17) is 4.74 Å². The third-order valence-corrected chi connectivity index (χ3v) is 6.23. The first-order valence-corrected chi connectivity index (χ1v) is 11.5. The van der Waals surface area contributed by atoms with Crippen molar-refractivity contribution in [2.45, 2.75) is 65.5 Å². The third-order valence-electron chi connectivity index (χ3n) is 5.74. The number of aryl methyl sites for hydroxylation is 1. The van der Waals surface area contributed by atoms with Crippen molar-refractivity contribution < 1.29 is 9.53 Å². The molecule has 0 radical (unpaired) electrons. The second kappa shape index (κ2) is 9.43. The van der Waals surface area contributed by atoms with Crippen molar-refractivity contribution in [2.75, 3.05) is 11.5 Å². The lowest BCUT2D eigenvalue weighted by Gasteiger charge is -2.50. The average molecular weight is 486 g/mol. The number of nitrogens with zero attached hydrogens (tertiary/aromatic N) is 2. The number of fused-ring (bicyclic) bond motifs is 1. The first kappa shape index (κ1) is 23.3. The molecule has 3 rings (SSSR count). The van der Waals surface area contributed by atoms with Crippen LogP contribution in [-0.2, 0) is 4.79 Å². The fraction of sp³-hybridized carbons (Fsp3) is 0.440. The van der Waals surface area contributed by atoms with Crippen molar-refractivity contribution in [3.8, 4) is 5.75 Å². The molecule has 6 heteroatoms. The zero-order valence-corrected chi connectivity index (χ0v) is 20.8. The number of hydrogen-bond donors (Lipinski definition) is 1. The van der Waals surface area contributed by atoms with E-state index >= 15 is 0 Å². The molecule has 1 aliphatic rings. The molecule has 2 aromatic rings. The van der Waals surface area contributed by atoms with Crippen LogP contribution in [0.5, 0.6) is 5.75 Å². The molecule has 0 saturated heterocycles. The van der Waals surface area contributed by atoms with E-state index in [1.165, 1.54) is 11.3 Å². The van der Waals surface area contributed by atoms with Crippen LogP contribution in [0.15, 0.2) is 46.0 Å². The summed E-state index contributed by atoms with van der Waals surface area (Å²) in [5.41, 5.74) is 7.47. The summed E-state index contributed by atoms with van der Waals surface area (Å²) in [6, 6.07) is 12.3. The number of amides is 1. The van der Waals surface area contributed by atoms with Crippen LogP contribution in [0, 0.1) is 6.92 Å². The standard InChI is InChI=1S/C25H32BrN3O2/c1-16(2)29-23-10-17(3)19(11-22(23)18(4)13-25(29,5)6)14-27-28-24(30)15-31-21-9-7-8-20(26)12-21/h7-12,14,16,18H,13,15H2,1-6H3,(H,28,30)/b27-14+/t18-/m0/s1. The van der Waals surface area contributed by atoms with Crippen molar-refractivity contribution in [3.63, 3.8) is 0 Å². The molecular weight excluding hydrogens is 454 g/mol. The number of anilines is 1. The first-order valence-electron chi connectivity index (χ1n) is 10.7. The van der Waals surface area contributed by atoms with Gasteiger partial charge in [0.2, 0.25) is 0 Å². The van der Waals surface area contributed by atoms with Crippen LogP contribution in [0.1, 0.15) is 63.6 Å². The highest BCUT2D eigenvalue weighted by atomic mass is 79.9. The monoisotopic (exact) mass is 485 g/mol.